The van der Waals surface area contributed by atoms with Crippen LogP contribution in [0.3, 0.4) is 0 Å². The van der Waals surface area contributed by atoms with E-state index in [2.05, 4.69) is 29.1 Å². The summed E-state index contributed by atoms with van der Waals surface area (Å²) in [7, 11) is 2.08. The van der Waals surface area contributed by atoms with Crippen LogP contribution in [0.2, 0.25) is 0 Å². The highest BCUT2D eigenvalue weighted by atomic mass is 16.3. The second-order valence-corrected chi connectivity index (χ2v) is 4.67. The molecule has 0 atom stereocenters. The van der Waals surface area contributed by atoms with Gasteiger partial charge in [0.15, 0.2) is 11.5 Å². The van der Waals surface area contributed by atoms with Gasteiger partial charge in [-0.2, -0.15) is 0 Å². The van der Waals surface area contributed by atoms with E-state index >= 15 is 0 Å². The van der Waals surface area contributed by atoms with Crippen molar-refractivity contribution in [3.8, 4) is 0 Å². The van der Waals surface area contributed by atoms with Gasteiger partial charge < -0.3 is 14.4 Å². The Morgan fingerprint density at radius 1 is 1.33 bits per heavy atom. The Bertz CT molecular complexity index is 507. The first-order valence-electron chi connectivity index (χ1n) is 6.34. The zero-order valence-electron chi connectivity index (χ0n) is 11.0. The molecule has 4 heteroatoms. The lowest BCUT2D eigenvalue weighted by atomic mass is 10.1. The van der Waals surface area contributed by atoms with E-state index in [0.29, 0.717) is 5.89 Å². The van der Waals surface area contributed by atoms with Gasteiger partial charge in [-0.15, -0.1) is 0 Å². The van der Waals surface area contributed by atoms with Crippen molar-refractivity contribution in [3.05, 3.63) is 29.7 Å². The van der Waals surface area contributed by atoms with E-state index in [1.54, 1.807) is 0 Å². The third-order valence-corrected chi connectivity index (χ3v) is 3.04. The Morgan fingerprint density at radius 2 is 2.17 bits per heavy atom. The molecule has 0 fully saturated rings. The molecule has 2 rings (SSSR count). The molecule has 0 saturated carbocycles. The highest BCUT2D eigenvalue weighted by Gasteiger charge is 2.04. The third kappa shape index (κ3) is 3.31. The average molecular weight is 248 g/mol. The molecule has 0 unspecified atom stereocenters. The number of aliphatic hydroxyl groups excluding tert-OH is 1. The molecule has 98 valence electrons. The zero-order chi connectivity index (χ0) is 13.0. The molecular formula is C14H20N2O2. The second-order valence-electron chi connectivity index (χ2n) is 4.67. The molecule has 0 spiro atoms. The van der Waals surface area contributed by atoms with Gasteiger partial charge in [0.1, 0.15) is 5.52 Å². The van der Waals surface area contributed by atoms with Crippen molar-refractivity contribution in [2.45, 2.75) is 19.8 Å². The van der Waals surface area contributed by atoms with Crippen LogP contribution >= 0.6 is 0 Å². The Hall–Kier alpha value is -1.39. The quantitative estimate of drug-likeness (QED) is 0.849. The number of hydrogen-bond donors (Lipinski definition) is 1. The molecule has 18 heavy (non-hydrogen) atoms. The summed E-state index contributed by atoms with van der Waals surface area (Å²) in [5.41, 5.74) is 3.06. The lowest BCUT2D eigenvalue weighted by molar-refractivity contribution is 0.248. The number of aliphatic hydroxyl groups is 1. The van der Waals surface area contributed by atoms with Gasteiger partial charge in [-0.25, -0.2) is 4.98 Å². The Balaban J connectivity index is 1.95. The van der Waals surface area contributed by atoms with Crippen LogP contribution in [0.1, 0.15) is 17.9 Å². The summed E-state index contributed by atoms with van der Waals surface area (Å²) in [6.07, 6.45) is 1.82. The smallest absolute Gasteiger partial charge is 0.192 e. The van der Waals surface area contributed by atoms with Crippen molar-refractivity contribution < 1.29 is 9.52 Å². The van der Waals surface area contributed by atoms with E-state index in [1.807, 2.05) is 13.0 Å². The van der Waals surface area contributed by atoms with E-state index in [0.717, 1.165) is 37.0 Å². The van der Waals surface area contributed by atoms with Gasteiger partial charge >= 0.3 is 0 Å². The molecule has 2 aromatic rings. The summed E-state index contributed by atoms with van der Waals surface area (Å²) >= 11 is 0. The minimum Gasteiger partial charge on any atom is -0.441 e. The van der Waals surface area contributed by atoms with Crippen LogP contribution in [0.5, 0.6) is 0 Å². The topological polar surface area (TPSA) is 49.5 Å². The average Bonchev–Trinajstić information content (AvgIpc) is 2.73. The fourth-order valence-electron chi connectivity index (χ4n) is 2.02. The first-order chi connectivity index (χ1) is 8.69. The lowest BCUT2D eigenvalue weighted by Crippen LogP contribution is -2.23. The van der Waals surface area contributed by atoms with Gasteiger partial charge in [-0.05, 0) is 37.6 Å². The molecule has 1 aromatic heterocycles. The molecule has 4 nitrogen and oxygen atoms in total. The van der Waals surface area contributed by atoms with Gasteiger partial charge in [0.2, 0.25) is 0 Å². The summed E-state index contributed by atoms with van der Waals surface area (Å²) in [4.78, 5) is 6.57. The maximum Gasteiger partial charge on any atom is 0.192 e. The number of benzene rings is 1. The van der Waals surface area contributed by atoms with Crippen LogP contribution in [-0.4, -0.2) is 41.7 Å². The van der Waals surface area contributed by atoms with E-state index in [4.69, 9.17) is 9.52 Å². The van der Waals surface area contributed by atoms with E-state index in [-0.39, 0.29) is 6.61 Å². The molecule has 0 aliphatic heterocycles. The molecule has 0 bridgehead atoms. The monoisotopic (exact) mass is 248 g/mol. The molecule has 1 aromatic carbocycles. The van der Waals surface area contributed by atoms with Crippen LogP contribution < -0.4 is 0 Å². The summed E-state index contributed by atoms with van der Waals surface area (Å²) in [5, 5.41) is 8.78. The largest absolute Gasteiger partial charge is 0.441 e. The standard InChI is InChI=1S/C14H20N2O2/c1-11-15-13-10-12(4-5-14(13)18-11)6-8-16(2)7-3-9-17/h4-5,10,17H,3,6-9H2,1-2H3. The van der Waals surface area contributed by atoms with Gasteiger partial charge in [-0.1, -0.05) is 6.07 Å². The molecule has 0 amide bonds. The first-order valence-corrected chi connectivity index (χ1v) is 6.34. The number of nitrogens with zero attached hydrogens (tertiary/aromatic N) is 2. The first kappa shape index (κ1) is 13.1. The number of hydrogen-bond acceptors (Lipinski definition) is 4. The molecule has 0 radical (unpaired) electrons. The summed E-state index contributed by atoms with van der Waals surface area (Å²) in [6, 6.07) is 6.16. The van der Waals surface area contributed by atoms with Crippen molar-refractivity contribution in [2.24, 2.45) is 0 Å². The lowest BCUT2D eigenvalue weighted by Gasteiger charge is -2.15. The maximum atomic E-state index is 8.78. The second kappa shape index (κ2) is 5.98. The van der Waals surface area contributed by atoms with Gasteiger partial charge in [-0.3, -0.25) is 0 Å². The number of likely N-dealkylation sites (N-methyl/N-ethyl adjacent to an activating group) is 1. The van der Waals surface area contributed by atoms with Crippen LogP contribution in [0.25, 0.3) is 11.1 Å². The van der Waals surface area contributed by atoms with Crippen molar-refractivity contribution in [1.82, 2.24) is 9.88 Å². The maximum absolute atomic E-state index is 8.78. The zero-order valence-corrected chi connectivity index (χ0v) is 11.0. The highest BCUT2D eigenvalue weighted by molar-refractivity contribution is 5.73. The van der Waals surface area contributed by atoms with Gasteiger partial charge in [0, 0.05) is 26.6 Å². The summed E-state index contributed by atoms with van der Waals surface area (Å²) in [5.74, 6) is 0.710. The van der Waals surface area contributed by atoms with Crippen molar-refractivity contribution in [3.63, 3.8) is 0 Å². The number of rotatable bonds is 6. The minimum atomic E-state index is 0.258. The number of aromatic nitrogens is 1. The highest BCUT2D eigenvalue weighted by Crippen LogP contribution is 2.17. The molecular weight excluding hydrogens is 228 g/mol. The van der Waals surface area contributed by atoms with E-state index in [1.165, 1.54) is 5.56 Å². The summed E-state index contributed by atoms with van der Waals surface area (Å²) < 4.78 is 5.45. The fourth-order valence-corrected chi connectivity index (χ4v) is 2.02. The molecule has 1 heterocycles. The van der Waals surface area contributed by atoms with Crippen molar-refractivity contribution >= 4 is 11.1 Å². The molecule has 1 N–H and O–H groups in total. The predicted molar refractivity (Wildman–Crippen MR) is 71.6 cm³/mol. The summed E-state index contributed by atoms with van der Waals surface area (Å²) in [6.45, 7) is 4.04. The number of aryl methyl sites for hydroxylation is 1. The molecule has 0 saturated heterocycles. The van der Waals surface area contributed by atoms with Crippen LogP contribution in [0.4, 0.5) is 0 Å². The molecule has 0 aliphatic rings. The van der Waals surface area contributed by atoms with Crippen molar-refractivity contribution in [2.75, 3.05) is 26.7 Å². The SMILES string of the molecule is Cc1nc2cc(CCN(C)CCCO)ccc2o1. The minimum absolute atomic E-state index is 0.258. The Morgan fingerprint density at radius 3 is 2.94 bits per heavy atom. The molecule has 0 aliphatic carbocycles. The number of fused-ring (bicyclic) bond motifs is 1. The predicted octanol–water partition coefficient (Wildman–Crippen LogP) is 1.99. The fraction of sp³-hybridized carbons (Fsp3) is 0.500. The Kier molecular flexibility index (Phi) is 4.33. The van der Waals surface area contributed by atoms with E-state index in [9.17, 15) is 0 Å². The number of oxazole rings is 1. The van der Waals surface area contributed by atoms with Crippen LogP contribution in [0.15, 0.2) is 22.6 Å². The van der Waals surface area contributed by atoms with E-state index < -0.39 is 0 Å². The normalized spacial score (nSPS) is 11.6. The van der Waals surface area contributed by atoms with Crippen molar-refractivity contribution in [1.29, 1.82) is 0 Å². The third-order valence-electron chi connectivity index (χ3n) is 3.04. The van der Waals surface area contributed by atoms with Crippen LogP contribution in [-0.2, 0) is 6.42 Å². The van der Waals surface area contributed by atoms with Crippen LogP contribution in [0, 0.1) is 6.92 Å². The Labute approximate surface area is 107 Å². The van der Waals surface area contributed by atoms with Gasteiger partial charge in [0.05, 0.1) is 0 Å². The van der Waals surface area contributed by atoms with Gasteiger partial charge in [0.25, 0.3) is 0 Å².